The number of carbonyl (C=O) groups excluding carboxylic acids is 2. The van der Waals surface area contributed by atoms with Gasteiger partial charge in [-0.1, -0.05) is 0 Å². The topological polar surface area (TPSA) is 211 Å². The van der Waals surface area contributed by atoms with E-state index < -0.39 is 31.7 Å². The Labute approximate surface area is 217 Å². The van der Waals surface area contributed by atoms with E-state index in [9.17, 15) is 26.4 Å². The second-order valence-electron chi connectivity index (χ2n) is 6.72. The lowest BCUT2D eigenvalue weighted by molar-refractivity contribution is -0.131. The number of hydrogen-bond donors (Lipinski definition) is 4. The molecule has 0 atom stereocenters. The molecule has 0 aromatic carbocycles. The molecule has 0 fully saturated rings. The number of nitrogens with zero attached hydrogens (tertiary/aromatic N) is 2. The summed E-state index contributed by atoms with van der Waals surface area (Å²) in [5.74, 6) is -2.17. The highest BCUT2D eigenvalue weighted by Gasteiger charge is 2.11. The van der Waals surface area contributed by atoms with Gasteiger partial charge in [0.05, 0.1) is 35.7 Å². The molecule has 2 amide bonds. The molecule has 0 radical (unpaired) electrons. The second kappa shape index (κ2) is 17.4. The predicted molar refractivity (Wildman–Crippen MR) is 133 cm³/mol. The van der Waals surface area contributed by atoms with Gasteiger partial charge in [-0.2, -0.15) is 16.8 Å². The van der Waals surface area contributed by atoms with Gasteiger partial charge in [-0.3, -0.25) is 28.4 Å². The molecule has 0 saturated heterocycles. The minimum Gasteiger partial charge on any atom is -0.286 e. The molecule has 2 aromatic heterocycles. The van der Waals surface area contributed by atoms with Crippen molar-refractivity contribution in [2.45, 2.75) is 39.5 Å². The number of hydrogen-bond acceptors (Lipinski definition) is 12. The fourth-order valence-corrected chi connectivity index (χ4v) is 5.33. The molecule has 36 heavy (non-hydrogen) atoms. The molecule has 0 aliphatic heterocycles. The first-order valence-corrected chi connectivity index (χ1v) is 14.9. The van der Waals surface area contributed by atoms with Crippen LogP contribution >= 0.6 is 22.7 Å². The monoisotopic (exact) mass is 590 g/mol. The van der Waals surface area contributed by atoms with Gasteiger partial charge in [0, 0.05) is 35.0 Å². The molecule has 14 nitrogen and oxygen atoms in total. The van der Waals surface area contributed by atoms with E-state index >= 15 is 0 Å². The number of aromatic nitrogens is 2. The Bertz CT molecular complexity index is 1060. The summed E-state index contributed by atoms with van der Waals surface area (Å²) in [4.78, 5) is 41.4. The van der Waals surface area contributed by atoms with Crippen molar-refractivity contribution < 1.29 is 45.2 Å². The van der Waals surface area contributed by atoms with Crippen LogP contribution in [-0.4, -0.2) is 73.4 Å². The van der Waals surface area contributed by atoms with Crippen LogP contribution in [0.3, 0.4) is 0 Å². The van der Waals surface area contributed by atoms with Gasteiger partial charge in [0.2, 0.25) is 11.8 Å². The van der Waals surface area contributed by atoms with E-state index in [0.29, 0.717) is 12.8 Å². The van der Waals surface area contributed by atoms with Crippen molar-refractivity contribution in [1.82, 2.24) is 20.9 Å². The Kier molecular flexibility index (Phi) is 16.4. The molecule has 0 unspecified atom stereocenters. The van der Waals surface area contributed by atoms with Gasteiger partial charge < -0.3 is 0 Å². The zero-order valence-electron chi connectivity index (χ0n) is 20.1. The summed E-state index contributed by atoms with van der Waals surface area (Å²) >= 11 is 3.23. The normalized spacial score (nSPS) is 10.9. The van der Waals surface area contributed by atoms with Gasteiger partial charge >= 0.3 is 0 Å². The van der Waals surface area contributed by atoms with Gasteiger partial charge in [0.25, 0.3) is 20.2 Å². The first kappa shape index (κ1) is 33.9. The van der Waals surface area contributed by atoms with Gasteiger partial charge in [-0.25, -0.2) is 20.9 Å². The summed E-state index contributed by atoms with van der Waals surface area (Å²) in [6.07, 6.45) is 5.94. The van der Waals surface area contributed by atoms with Crippen molar-refractivity contribution >= 4 is 54.7 Å². The minimum absolute atomic E-state index is 0.103. The summed E-state index contributed by atoms with van der Waals surface area (Å²) in [5, 5.41) is 2.06. The average Bonchev–Trinajstić information content (AvgIpc) is 3.37. The van der Waals surface area contributed by atoms with Crippen molar-refractivity contribution in [2.75, 3.05) is 25.7 Å². The molecule has 18 heteroatoms. The van der Waals surface area contributed by atoms with Crippen LogP contribution in [0.4, 0.5) is 0 Å². The molecule has 2 aromatic rings. The van der Waals surface area contributed by atoms with Crippen molar-refractivity contribution in [3.8, 4) is 0 Å². The minimum atomic E-state index is -4.30. The van der Waals surface area contributed by atoms with Crippen molar-refractivity contribution in [1.29, 1.82) is 0 Å². The Morgan fingerprint density at radius 2 is 1.14 bits per heavy atom. The third-order valence-electron chi connectivity index (χ3n) is 3.57. The summed E-state index contributed by atoms with van der Waals surface area (Å²) < 4.78 is 55.4. The van der Waals surface area contributed by atoms with Crippen LogP contribution < -0.4 is 11.0 Å². The van der Waals surface area contributed by atoms with Crippen LogP contribution in [0.5, 0.6) is 0 Å². The van der Waals surface area contributed by atoms with Gasteiger partial charge in [-0.15, -0.1) is 22.7 Å². The Morgan fingerprint density at radius 3 is 1.36 bits per heavy atom. The Hall–Kier alpha value is -2.06. The van der Waals surface area contributed by atoms with Crippen molar-refractivity contribution in [2.24, 2.45) is 0 Å². The quantitative estimate of drug-likeness (QED) is 0.212. The zero-order valence-corrected chi connectivity index (χ0v) is 23.4. The van der Waals surface area contributed by atoms with Crippen LogP contribution in [0.25, 0.3) is 0 Å². The lowest BCUT2D eigenvalue weighted by Crippen LogP contribution is -2.21. The standard InChI is InChI=1S/2C8H12N2O2S.C2H6O6S2/c2*1-6-9-5-7(13-6)3-4-8(11)10-12-2;3-9(4,5)1-2-10(6,7)8/h2*5H,3-4H2,1-2H3,(H,10,11);1-2H2,(H,3,4,5)(H,6,7,8). The van der Waals surface area contributed by atoms with Crippen molar-refractivity contribution in [3.63, 3.8) is 0 Å². The fourth-order valence-electron chi connectivity index (χ4n) is 2.06. The Morgan fingerprint density at radius 1 is 0.806 bits per heavy atom. The SMILES string of the molecule is CONC(=O)CCc1cnc(C)s1.CONC(=O)CCc1cnc(C)s1.O=S(=O)(O)CCS(=O)(=O)O. The highest BCUT2D eigenvalue weighted by molar-refractivity contribution is 7.89. The second-order valence-corrected chi connectivity index (χ2v) is 12.5. The molecule has 2 rings (SSSR count). The number of amides is 2. The van der Waals surface area contributed by atoms with Crippen LogP contribution in [0.15, 0.2) is 12.4 Å². The fraction of sp³-hybridized carbons (Fsp3) is 0.556. The van der Waals surface area contributed by atoms with E-state index in [2.05, 4.69) is 30.6 Å². The molecule has 0 bridgehead atoms. The number of carbonyl (C=O) groups is 2. The molecule has 206 valence electrons. The first-order chi connectivity index (χ1) is 16.6. The molecule has 0 aliphatic carbocycles. The third kappa shape index (κ3) is 20.2. The van der Waals surface area contributed by atoms with E-state index in [4.69, 9.17) is 9.11 Å². The summed E-state index contributed by atoms with van der Waals surface area (Å²) in [6, 6.07) is 0. The number of thiazole rings is 2. The number of aryl methyl sites for hydroxylation is 4. The maximum absolute atomic E-state index is 11.0. The average molecular weight is 591 g/mol. The Balaban J connectivity index is 0.000000517. The molecule has 4 N–H and O–H groups in total. The maximum Gasteiger partial charge on any atom is 0.265 e. The third-order valence-corrected chi connectivity index (χ3v) is 7.21. The van der Waals surface area contributed by atoms with Gasteiger partial charge in [0.15, 0.2) is 0 Å². The first-order valence-electron chi connectivity index (χ1n) is 10.0. The number of nitrogens with one attached hydrogen (secondary N) is 2. The molecule has 2 heterocycles. The van der Waals surface area contributed by atoms with E-state index in [1.807, 2.05) is 13.8 Å². The molecule has 0 aliphatic rings. The van der Waals surface area contributed by atoms with Crippen LogP contribution in [0.1, 0.15) is 32.6 Å². The van der Waals surface area contributed by atoms with E-state index in [0.717, 1.165) is 32.6 Å². The molecule has 0 spiro atoms. The summed E-state index contributed by atoms with van der Waals surface area (Å²) in [7, 11) is -5.74. The lowest BCUT2D eigenvalue weighted by Gasteiger charge is -1.99. The molecular weight excluding hydrogens is 560 g/mol. The maximum atomic E-state index is 11.0. The lowest BCUT2D eigenvalue weighted by atomic mass is 10.3. The van der Waals surface area contributed by atoms with Crippen molar-refractivity contribution in [3.05, 3.63) is 32.2 Å². The summed E-state index contributed by atoms with van der Waals surface area (Å²) in [5.41, 5.74) is 4.54. The van der Waals surface area contributed by atoms with E-state index in [1.54, 1.807) is 35.1 Å². The van der Waals surface area contributed by atoms with Crippen LogP contribution in [-0.2, 0) is 52.3 Å². The van der Waals surface area contributed by atoms with Gasteiger partial charge in [0.1, 0.15) is 0 Å². The smallest absolute Gasteiger partial charge is 0.265 e. The van der Waals surface area contributed by atoms with Gasteiger partial charge in [-0.05, 0) is 26.7 Å². The van der Waals surface area contributed by atoms with Crippen LogP contribution in [0.2, 0.25) is 0 Å². The largest absolute Gasteiger partial charge is 0.286 e. The molecule has 0 saturated carbocycles. The highest BCUT2D eigenvalue weighted by Crippen LogP contribution is 2.13. The number of hydroxylamine groups is 2. The predicted octanol–water partition coefficient (Wildman–Crippen LogP) is 0.885. The van der Waals surface area contributed by atoms with E-state index in [1.165, 1.54) is 14.2 Å². The highest BCUT2D eigenvalue weighted by atomic mass is 32.2. The zero-order chi connectivity index (χ0) is 27.8. The van der Waals surface area contributed by atoms with E-state index in [-0.39, 0.29) is 11.8 Å². The van der Waals surface area contributed by atoms with Crippen LogP contribution in [0, 0.1) is 13.8 Å². The molecular formula is C18H30N4O10S4. The summed E-state index contributed by atoms with van der Waals surface area (Å²) in [6.45, 7) is 3.90. The number of rotatable bonds is 11.